The van der Waals surface area contributed by atoms with Gasteiger partial charge in [-0.1, -0.05) is 41.9 Å². The van der Waals surface area contributed by atoms with Gasteiger partial charge in [-0.3, -0.25) is 4.79 Å². The monoisotopic (exact) mass is 315 g/mol. The van der Waals surface area contributed by atoms with E-state index < -0.39 is 0 Å². The summed E-state index contributed by atoms with van der Waals surface area (Å²) in [5.41, 5.74) is 4.48. The number of nitrogens with one attached hydrogen (secondary N) is 2. The van der Waals surface area contributed by atoms with Crippen LogP contribution in [0.15, 0.2) is 42.5 Å². The molecule has 3 rings (SSSR count). The maximum atomic E-state index is 12.3. The number of carbonyl (C=O) groups is 1. The number of fused-ring (bicyclic) bond motifs is 1. The largest absolute Gasteiger partial charge is 0.323 e. The quantitative estimate of drug-likeness (QED) is 0.895. The van der Waals surface area contributed by atoms with Crippen molar-refractivity contribution in [3.8, 4) is 0 Å². The minimum absolute atomic E-state index is 0.0414. The van der Waals surface area contributed by atoms with E-state index in [-0.39, 0.29) is 5.91 Å². The molecule has 0 fully saturated rings. The van der Waals surface area contributed by atoms with Crippen LogP contribution in [0.5, 0.6) is 0 Å². The first-order valence-corrected chi connectivity index (χ1v) is 7.96. The zero-order chi connectivity index (χ0) is 15.5. The smallest absolute Gasteiger partial charge is 0.279 e. The lowest BCUT2D eigenvalue weighted by Crippen LogP contribution is -3.12. The molecule has 1 unspecified atom stereocenters. The van der Waals surface area contributed by atoms with Crippen molar-refractivity contribution in [2.45, 2.75) is 19.9 Å². The number of benzene rings is 2. The highest BCUT2D eigenvalue weighted by Crippen LogP contribution is 2.22. The van der Waals surface area contributed by atoms with Crippen LogP contribution in [0.25, 0.3) is 0 Å². The molecular formula is C18H20ClN2O+. The van der Waals surface area contributed by atoms with Crippen LogP contribution in [0, 0.1) is 6.92 Å². The van der Waals surface area contributed by atoms with Crippen LogP contribution in [0.2, 0.25) is 5.02 Å². The normalized spacial score (nSPS) is 16.9. The lowest BCUT2D eigenvalue weighted by Gasteiger charge is -2.25. The van der Waals surface area contributed by atoms with Crippen LogP contribution in [0.1, 0.15) is 16.7 Å². The lowest BCUT2D eigenvalue weighted by molar-refractivity contribution is -0.907. The SMILES string of the molecule is Cc1c(Cl)cccc1NC(=O)C[NH+]1CCc2ccccc2C1. The van der Waals surface area contributed by atoms with Crippen LogP contribution in [0.3, 0.4) is 0 Å². The van der Waals surface area contributed by atoms with Gasteiger partial charge in [0, 0.05) is 22.7 Å². The van der Waals surface area contributed by atoms with Crippen molar-refractivity contribution in [1.29, 1.82) is 0 Å². The zero-order valence-electron chi connectivity index (χ0n) is 12.7. The molecule has 2 aromatic rings. The summed E-state index contributed by atoms with van der Waals surface area (Å²) in [5, 5.41) is 3.66. The van der Waals surface area contributed by atoms with Crippen LogP contribution in [0.4, 0.5) is 5.69 Å². The molecule has 1 aliphatic heterocycles. The van der Waals surface area contributed by atoms with E-state index in [1.165, 1.54) is 16.0 Å². The number of anilines is 1. The minimum Gasteiger partial charge on any atom is -0.323 e. The highest BCUT2D eigenvalue weighted by Gasteiger charge is 2.21. The molecule has 0 bridgehead atoms. The van der Waals surface area contributed by atoms with Crippen LogP contribution >= 0.6 is 11.6 Å². The summed E-state index contributed by atoms with van der Waals surface area (Å²) in [5.74, 6) is 0.0414. The second-order valence-corrected chi connectivity index (χ2v) is 6.24. The molecule has 2 aromatic carbocycles. The van der Waals surface area contributed by atoms with Gasteiger partial charge in [-0.15, -0.1) is 0 Å². The van der Waals surface area contributed by atoms with Crippen LogP contribution in [-0.4, -0.2) is 19.0 Å². The summed E-state index contributed by atoms with van der Waals surface area (Å²) in [6, 6.07) is 14.1. The van der Waals surface area contributed by atoms with Crippen LogP contribution in [-0.2, 0) is 17.8 Å². The van der Waals surface area contributed by atoms with Crippen molar-refractivity contribution >= 4 is 23.2 Å². The number of carbonyl (C=O) groups excluding carboxylic acids is 1. The van der Waals surface area contributed by atoms with Gasteiger partial charge in [-0.25, -0.2) is 0 Å². The summed E-state index contributed by atoms with van der Waals surface area (Å²) >= 11 is 6.09. The second-order valence-electron chi connectivity index (χ2n) is 5.83. The van der Waals surface area contributed by atoms with Gasteiger partial charge in [-0.2, -0.15) is 0 Å². The van der Waals surface area contributed by atoms with Crippen LogP contribution < -0.4 is 10.2 Å². The van der Waals surface area contributed by atoms with Gasteiger partial charge in [0.25, 0.3) is 5.91 Å². The van der Waals surface area contributed by atoms with E-state index in [1.54, 1.807) is 0 Å². The van der Waals surface area contributed by atoms with E-state index in [0.717, 1.165) is 30.8 Å². The Morgan fingerprint density at radius 1 is 1.18 bits per heavy atom. The molecule has 4 heteroatoms. The van der Waals surface area contributed by atoms with Crippen molar-refractivity contribution in [2.24, 2.45) is 0 Å². The van der Waals surface area contributed by atoms with Gasteiger partial charge < -0.3 is 10.2 Å². The fraction of sp³-hybridized carbons (Fsp3) is 0.278. The Morgan fingerprint density at radius 2 is 1.95 bits per heavy atom. The summed E-state index contributed by atoms with van der Waals surface area (Å²) < 4.78 is 0. The summed E-state index contributed by atoms with van der Waals surface area (Å²) in [4.78, 5) is 13.6. The highest BCUT2D eigenvalue weighted by molar-refractivity contribution is 6.31. The Morgan fingerprint density at radius 3 is 2.77 bits per heavy atom. The van der Waals surface area contributed by atoms with Gasteiger partial charge in [0.1, 0.15) is 6.54 Å². The third-order valence-electron chi connectivity index (χ3n) is 4.26. The predicted octanol–water partition coefficient (Wildman–Crippen LogP) is 2.23. The molecule has 114 valence electrons. The topological polar surface area (TPSA) is 33.5 Å². The van der Waals surface area contributed by atoms with Crippen molar-refractivity contribution in [1.82, 2.24) is 0 Å². The molecule has 1 amide bonds. The van der Waals surface area contributed by atoms with Gasteiger partial charge in [0.05, 0.1) is 6.54 Å². The van der Waals surface area contributed by atoms with Crippen molar-refractivity contribution < 1.29 is 9.69 Å². The number of hydrogen-bond donors (Lipinski definition) is 2. The molecule has 1 atom stereocenters. The molecular weight excluding hydrogens is 296 g/mol. The Hall–Kier alpha value is -1.84. The Labute approximate surface area is 135 Å². The average Bonchev–Trinajstić information content (AvgIpc) is 2.52. The third kappa shape index (κ3) is 3.32. The molecule has 0 saturated heterocycles. The lowest BCUT2D eigenvalue weighted by atomic mass is 10.00. The minimum atomic E-state index is 0.0414. The average molecular weight is 316 g/mol. The molecule has 1 heterocycles. The maximum absolute atomic E-state index is 12.3. The third-order valence-corrected chi connectivity index (χ3v) is 4.67. The predicted molar refractivity (Wildman–Crippen MR) is 89.4 cm³/mol. The van der Waals surface area contributed by atoms with Gasteiger partial charge >= 0.3 is 0 Å². The van der Waals surface area contributed by atoms with Crippen molar-refractivity contribution in [3.63, 3.8) is 0 Å². The van der Waals surface area contributed by atoms with E-state index in [4.69, 9.17) is 11.6 Å². The molecule has 0 aliphatic carbocycles. The van der Waals surface area contributed by atoms with E-state index in [9.17, 15) is 4.79 Å². The Bertz CT molecular complexity index is 699. The molecule has 2 N–H and O–H groups in total. The number of halogens is 1. The fourth-order valence-corrected chi connectivity index (χ4v) is 3.13. The molecule has 3 nitrogen and oxygen atoms in total. The Kier molecular flexibility index (Phi) is 4.46. The number of quaternary nitrogens is 1. The van der Waals surface area contributed by atoms with E-state index in [1.807, 2.05) is 25.1 Å². The number of hydrogen-bond acceptors (Lipinski definition) is 1. The molecule has 0 radical (unpaired) electrons. The van der Waals surface area contributed by atoms with Crippen molar-refractivity contribution in [3.05, 3.63) is 64.2 Å². The highest BCUT2D eigenvalue weighted by atomic mass is 35.5. The van der Waals surface area contributed by atoms with Gasteiger partial charge in [-0.05, 0) is 30.2 Å². The van der Waals surface area contributed by atoms with E-state index >= 15 is 0 Å². The molecule has 0 saturated carbocycles. The first-order chi connectivity index (χ1) is 10.6. The van der Waals surface area contributed by atoms with Gasteiger partial charge in [0.2, 0.25) is 0 Å². The first-order valence-electron chi connectivity index (χ1n) is 7.59. The zero-order valence-corrected chi connectivity index (χ0v) is 13.4. The molecule has 0 aromatic heterocycles. The Balaban J connectivity index is 1.62. The van der Waals surface area contributed by atoms with E-state index in [0.29, 0.717) is 11.6 Å². The number of rotatable bonds is 3. The summed E-state index contributed by atoms with van der Waals surface area (Å²) in [7, 11) is 0. The second kappa shape index (κ2) is 6.51. The standard InChI is InChI=1S/C18H19ClN2O/c1-13-16(19)7-4-8-17(13)20-18(22)12-21-10-9-14-5-2-3-6-15(14)11-21/h2-8H,9-12H2,1H3,(H,20,22)/p+1. The number of amides is 1. The van der Waals surface area contributed by atoms with E-state index in [2.05, 4.69) is 29.6 Å². The first kappa shape index (κ1) is 15.1. The fourth-order valence-electron chi connectivity index (χ4n) is 2.96. The van der Waals surface area contributed by atoms with Gasteiger partial charge in [0.15, 0.2) is 6.54 Å². The summed E-state index contributed by atoms with van der Waals surface area (Å²) in [6.07, 6.45) is 1.04. The molecule has 22 heavy (non-hydrogen) atoms. The summed E-state index contributed by atoms with van der Waals surface area (Å²) in [6.45, 7) is 4.32. The van der Waals surface area contributed by atoms with Crippen molar-refractivity contribution in [2.75, 3.05) is 18.4 Å². The molecule has 0 spiro atoms. The maximum Gasteiger partial charge on any atom is 0.279 e. The molecule has 1 aliphatic rings.